The number of aromatic nitrogens is 2. The molecule has 0 aliphatic carbocycles. The molecule has 114 valence electrons. The number of carbonyl (C=O) groups is 1. The van der Waals surface area contributed by atoms with Crippen molar-refractivity contribution >= 4 is 11.7 Å². The van der Waals surface area contributed by atoms with Gasteiger partial charge in [0, 0.05) is 30.4 Å². The zero-order valence-corrected chi connectivity index (χ0v) is 12.7. The molecule has 1 aliphatic heterocycles. The smallest absolute Gasteiger partial charge is 0.322 e. The summed E-state index contributed by atoms with van der Waals surface area (Å²) in [5.74, 6) is 1.53. The van der Waals surface area contributed by atoms with Crippen LogP contribution in [-0.2, 0) is 13.0 Å². The van der Waals surface area contributed by atoms with Crippen molar-refractivity contribution in [2.75, 3.05) is 19.0 Å². The summed E-state index contributed by atoms with van der Waals surface area (Å²) in [5.41, 5.74) is 2.81. The number of benzene rings is 1. The number of methoxy groups -OCH3 is 1. The molecule has 2 heterocycles. The average molecular weight is 298 g/mol. The van der Waals surface area contributed by atoms with Crippen molar-refractivity contribution < 1.29 is 9.53 Å². The lowest BCUT2D eigenvalue weighted by Crippen LogP contribution is -2.39. The zero-order valence-electron chi connectivity index (χ0n) is 12.7. The molecular formula is C16H18N4O2. The van der Waals surface area contributed by atoms with Crippen LogP contribution in [0.1, 0.15) is 17.1 Å². The Hall–Kier alpha value is -2.63. The molecule has 0 bridgehead atoms. The van der Waals surface area contributed by atoms with E-state index in [-0.39, 0.29) is 6.03 Å². The summed E-state index contributed by atoms with van der Waals surface area (Å²) < 4.78 is 5.10. The predicted octanol–water partition coefficient (Wildman–Crippen LogP) is 2.38. The second-order valence-corrected chi connectivity index (χ2v) is 5.22. The number of hydrogen-bond donors (Lipinski definition) is 1. The van der Waals surface area contributed by atoms with Gasteiger partial charge in [-0.2, -0.15) is 0 Å². The normalized spacial score (nSPS) is 13.5. The Kier molecular flexibility index (Phi) is 3.91. The topological polar surface area (TPSA) is 67.3 Å². The van der Waals surface area contributed by atoms with Crippen LogP contribution in [0.2, 0.25) is 0 Å². The number of anilines is 1. The van der Waals surface area contributed by atoms with E-state index in [9.17, 15) is 4.79 Å². The number of ether oxygens (including phenoxy) is 1. The van der Waals surface area contributed by atoms with Gasteiger partial charge in [-0.25, -0.2) is 14.8 Å². The van der Waals surface area contributed by atoms with Gasteiger partial charge in [-0.15, -0.1) is 0 Å². The highest BCUT2D eigenvalue weighted by atomic mass is 16.5. The third-order valence-electron chi connectivity index (χ3n) is 3.68. The summed E-state index contributed by atoms with van der Waals surface area (Å²) >= 11 is 0. The summed E-state index contributed by atoms with van der Waals surface area (Å²) in [6, 6.07) is 7.16. The molecule has 6 nitrogen and oxygen atoms in total. The van der Waals surface area contributed by atoms with Crippen molar-refractivity contribution in [2.45, 2.75) is 19.9 Å². The number of hydrogen-bond acceptors (Lipinski definition) is 4. The maximum atomic E-state index is 12.3. The number of carbonyl (C=O) groups excluding carboxylic acids is 1. The highest BCUT2D eigenvalue weighted by molar-refractivity contribution is 5.89. The van der Waals surface area contributed by atoms with E-state index in [0.29, 0.717) is 13.1 Å². The molecule has 0 unspecified atom stereocenters. The fourth-order valence-electron chi connectivity index (χ4n) is 2.47. The lowest BCUT2D eigenvalue weighted by Gasteiger charge is -2.28. The highest BCUT2D eigenvalue weighted by Gasteiger charge is 2.22. The van der Waals surface area contributed by atoms with E-state index < -0.39 is 0 Å². The first kappa shape index (κ1) is 14.3. The Balaban J connectivity index is 1.67. The van der Waals surface area contributed by atoms with Crippen LogP contribution >= 0.6 is 0 Å². The first-order chi connectivity index (χ1) is 10.7. The molecule has 1 aromatic heterocycles. The van der Waals surface area contributed by atoms with Crippen LogP contribution in [0.15, 0.2) is 30.5 Å². The molecule has 0 radical (unpaired) electrons. The molecule has 22 heavy (non-hydrogen) atoms. The van der Waals surface area contributed by atoms with Gasteiger partial charge in [-0.3, -0.25) is 0 Å². The summed E-state index contributed by atoms with van der Waals surface area (Å²) in [5, 5.41) is 2.90. The minimum Gasteiger partial charge on any atom is -0.497 e. The Morgan fingerprint density at radius 1 is 1.32 bits per heavy atom. The zero-order chi connectivity index (χ0) is 15.5. The molecular weight excluding hydrogens is 280 g/mol. The molecule has 0 saturated heterocycles. The lowest BCUT2D eigenvalue weighted by atomic mass is 10.1. The van der Waals surface area contributed by atoms with Crippen LogP contribution in [0, 0.1) is 6.92 Å². The molecule has 6 heteroatoms. The van der Waals surface area contributed by atoms with E-state index in [4.69, 9.17) is 4.74 Å². The molecule has 0 fully saturated rings. The standard InChI is InChI=1S/C16H18N4O2/c1-11-17-9-12-10-20(8-7-15(12)18-11)16(21)19-13-3-5-14(22-2)6-4-13/h3-6,9H,7-8,10H2,1-2H3,(H,19,21). The van der Waals surface area contributed by atoms with Crippen molar-refractivity contribution in [1.82, 2.24) is 14.9 Å². The van der Waals surface area contributed by atoms with Crippen LogP contribution in [0.5, 0.6) is 5.75 Å². The number of fused-ring (bicyclic) bond motifs is 1. The molecule has 1 N–H and O–H groups in total. The molecule has 2 aromatic rings. The van der Waals surface area contributed by atoms with Gasteiger partial charge in [-0.05, 0) is 31.2 Å². The molecule has 2 amide bonds. The Bertz CT molecular complexity index is 685. The number of nitrogens with one attached hydrogen (secondary N) is 1. The number of amides is 2. The van der Waals surface area contributed by atoms with Gasteiger partial charge in [0.25, 0.3) is 0 Å². The van der Waals surface area contributed by atoms with Crippen molar-refractivity contribution in [3.05, 3.63) is 47.5 Å². The van der Waals surface area contributed by atoms with Gasteiger partial charge in [0.1, 0.15) is 11.6 Å². The third-order valence-corrected chi connectivity index (χ3v) is 3.68. The maximum absolute atomic E-state index is 12.3. The largest absolute Gasteiger partial charge is 0.497 e. The second-order valence-electron chi connectivity index (χ2n) is 5.22. The summed E-state index contributed by atoms with van der Waals surface area (Å²) in [6.07, 6.45) is 2.57. The van der Waals surface area contributed by atoms with E-state index >= 15 is 0 Å². The van der Waals surface area contributed by atoms with Gasteiger partial charge in [0.15, 0.2) is 0 Å². The molecule has 3 rings (SSSR count). The fourth-order valence-corrected chi connectivity index (χ4v) is 2.47. The number of urea groups is 1. The molecule has 1 aliphatic rings. The van der Waals surface area contributed by atoms with E-state index in [2.05, 4.69) is 15.3 Å². The Labute approximate surface area is 129 Å². The van der Waals surface area contributed by atoms with Crippen LogP contribution < -0.4 is 10.1 Å². The maximum Gasteiger partial charge on any atom is 0.322 e. The number of rotatable bonds is 2. The quantitative estimate of drug-likeness (QED) is 0.924. The molecule has 0 spiro atoms. The van der Waals surface area contributed by atoms with Gasteiger partial charge in [-0.1, -0.05) is 0 Å². The van der Waals surface area contributed by atoms with Crippen LogP contribution in [0.4, 0.5) is 10.5 Å². The van der Waals surface area contributed by atoms with Crippen LogP contribution in [-0.4, -0.2) is 34.6 Å². The minimum atomic E-state index is -0.114. The third kappa shape index (κ3) is 3.00. The Morgan fingerprint density at radius 3 is 2.82 bits per heavy atom. The first-order valence-electron chi connectivity index (χ1n) is 7.17. The van der Waals surface area contributed by atoms with E-state index in [0.717, 1.165) is 34.9 Å². The van der Waals surface area contributed by atoms with Crippen molar-refractivity contribution in [2.24, 2.45) is 0 Å². The Morgan fingerprint density at radius 2 is 2.09 bits per heavy atom. The van der Waals surface area contributed by atoms with Crippen LogP contribution in [0.25, 0.3) is 0 Å². The van der Waals surface area contributed by atoms with Gasteiger partial charge >= 0.3 is 6.03 Å². The highest BCUT2D eigenvalue weighted by Crippen LogP contribution is 2.19. The molecule has 1 aromatic carbocycles. The molecule has 0 saturated carbocycles. The predicted molar refractivity (Wildman–Crippen MR) is 82.9 cm³/mol. The number of aryl methyl sites for hydroxylation is 1. The SMILES string of the molecule is COc1ccc(NC(=O)N2CCc3nc(C)ncc3C2)cc1. The summed E-state index contributed by atoms with van der Waals surface area (Å²) in [4.78, 5) is 22.7. The van der Waals surface area contributed by atoms with Crippen molar-refractivity contribution in [3.8, 4) is 5.75 Å². The fraction of sp³-hybridized carbons (Fsp3) is 0.312. The average Bonchev–Trinajstić information content (AvgIpc) is 2.55. The van der Waals surface area contributed by atoms with Crippen LogP contribution in [0.3, 0.4) is 0 Å². The van der Waals surface area contributed by atoms with Gasteiger partial charge in [0.05, 0.1) is 19.3 Å². The number of nitrogens with zero attached hydrogens (tertiary/aromatic N) is 3. The molecule has 0 atom stereocenters. The lowest BCUT2D eigenvalue weighted by molar-refractivity contribution is 0.205. The van der Waals surface area contributed by atoms with E-state index in [1.807, 2.05) is 37.4 Å². The van der Waals surface area contributed by atoms with Crippen molar-refractivity contribution in [1.29, 1.82) is 0 Å². The minimum absolute atomic E-state index is 0.114. The van der Waals surface area contributed by atoms with Gasteiger partial charge in [0.2, 0.25) is 0 Å². The summed E-state index contributed by atoms with van der Waals surface area (Å²) in [7, 11) is 1.61. The first-order valence-corrected chi connectivity index (χ1v) is 7.17. The van der Waals surface area contributed by atoms with Gasteiger partial charge < -0.3 is 15.0 Å². The van der Waals surface area contributed by atoms with E-state index in [1.165, 1.54) is 0 Å². The summed E-state index contributed by atoms with van der Waals surface area (Å²) in [6.45, 7) is 3.08. The second kappa shape index (κ2) is 6.01. The monoisotopic (exact) mass is 298 g/mol. The van der Waals surface area contributed by atoms with Crippen molar-refractivity contribution in [3.63, 3.8) is 0 Å². The van der Waals surface area contributed by atoms with E-state index in [1.54, 1.807) is 12.0 Å².